The van der Waals surface area contributed by atoms with Gasteiger partial charge in [-0.05, 0) is 42.8 Å². The van der Waals surface area contributed by atoms with E-state index >= 15 is 0 Å². The highest BCUT2D eigenvalue weighted by atomic mass is 32.2. The van der Waals surface area contributed by atoms with E-state index in [1.165, 1.54) is 9.99 Å². The molecule has 0 aliphatic carbocycles. The molecule has 1 aliphatic heterocycles. The van der Waals surface area contributed by atoms with E-state index in [4.69, 9.17) is 0 Å². The molecule has 0 unspecified atom stereocenters. The highest BCUT2D eigenvalue weighted by Crippen LogP contribution is 2.23. The van der Waals surface area contributed by atoms with Gasteiger partial charge in [-0.3, -0.25) is 9.10 Å². The molecule has 0 aromatic heterocycles. The number of anilines is 2. The van der Waals surface area contributed by atoms with Crippen LogP contribution in [0.5, 0.6) is 0 Å². The molecule has 0 atom stereocenters. The van der Waals surface area contributed by atoms with Gasteiger partial charge >= 0.3 is 0 Å². The van der Waals surface area contributed by atoms with Crippen LogP contribution in [0.4, 0.5) is 11.4 Å². The van der Waals surface area contributed by atoms with Crippen LogP contribution in [0.3, 0.4) is 0 Å². The molecule has 1 N–H and O–H groups in total. The molecular weight excluding hydrogens is 412 g/mol. The Morgan fingerprint density at radius 2 is 1.68 bits per heavy atom. The number of carbonyl (C=O) groups excluding carboxylic acids is 1. The van der Waals surface area contributed by atoms with Gasteiger partial charge in [-0.15, -0.1) is 0 Å². The summed E-state index contributed by atoms with van der Waals surface area (Å²) in [6, 6.07) is 15.4. The van der Waals surface area contributed by atoms with E-state index in [0.29, 0.717) is 18.7 Å². The molecule has 8 heteroatoms. The van der Waals surface area contributed by atoms with Crippen molar-refractivity contribution >= 4 is 27.3 Å². The lowest BCUT2D eigenvalue weighted by Gasteiger charge is -2.34. The van der Waals surface area contributed by atoms with Gasteiger partial charge in [-0.1, -0.05) is 37.3 Å². The first-order valence-corrected chi connectivity index (χ1v) is 12.5. The minimum absolute atomic E-state index is 0.241. The van der Waals surface area contributed by atoms with E-state index in [0.717, 1.165) is 43.6 Å². The molecule has 2 aromatic carbocycles. The van der Waals surface area contributed by atoms with E-state index in [2.05, 4.69) is 34.3 Å². The zero-order chi connectivity index (χ0) is 22.4. The Labute approximate surface area is 185 Å². The number of likely N-dealkylation sites (N-methyl/N-ethyl adjacent to an activating group) is 1. The highest BCUT2D eigenvalue weighted by molar-refractivity contribution is 7.92. The topological polar surface area (TPSA) is 73.0 Å². The molecule has 1 amide bonds. The lowest BCUT2D eigenvalue weighted by atomic mass is 10.1. The van der Waals surface area contributed by atoms with Crippen LogP contribution in [0.2, 0.25) is 0 Å². The van der Waals surface area contributed by atoms with Crippen molar-refractivity contribution in [2.75, 3.05) is 55.2 Å². The Kier molecular flexibility index (Phi) is 7.56. The number of sulfonamides is 1. The molecule has 0 bridgehead atoms. The lowest BCUT2D eigenvalue weighted by Crippen LogP contribution is -2.44. The minimum atomic E-state index is -3.59. The monoisotopic (exact) mass is 444 g/mol. The molecular formula is C23H32N4O3S. The van der Waals surface area contributed by atoms with Gasteiger partial charge in [0.25, 0.3) is 0 Å². The molecule has 31 heavy (non-hydrogen) atoms. The Morgan fingerprint density at radius 1 is 1.03 bits per heavy atom. The first-order chi connectivity index (χ1) is 14.8. The number of rotatable bonds is 8. The zero-order valence-corrected chi connectivity index (χ0v) is 19.4. The van der Waals surface area contributed by atoms with Crippen molar-refractivity contribution < 1.29 is 13.2 Å². The molecule has 0 radical (unpaired) electrons. The quantitative estimate of drug-likeness (QED) is 0.675. The number of aryl methyl sites for hydroxylation is 1. The summed E-state index contributed by atoms with van der Waals surface area (Å²) in [6.07, 6.45) is 1.81. The third kappa shape index (κ3) is 6.21. The number of piperazine rings is 1. The fourth-order valence-electron chi connectivity index (χ4n) is 3.71. The number of benzene rings is 2. The average molecular weight is 445 g/mol. The number of amides is 1. The molecule has 0 spiro atoms. The summed E-state index contributed by atoms with van der Waals surface area (Å²) in [5, 5.41) is 2.85. The first-order valence-electron chi connectivity index (χ1n) is 10.6. The molecule has 7 nitrogen and oxygen atoms in total. The van der Waals surface area contributed by atoms with Crippen molar-refractivity contribution in [3.05, 3.63) is 59.7 Å². The van der Waals surface area contributed by atoms with Gasteiger partial charge < -0.3 is 15.1 Å². The van der Waals surface area contributed by atoms with Crippen molar-refractivity contribution in [2.24, 2.45) is 0 Å². The zero-order valence-electron chi connectivity index (χ0n) is 18.5. The maximum atomic E-state index is 12.6. The molecule has 168 valence electrons. The minimum Gasteiger partial charge on any atom is -0.369 e. The smallest absolute Gasteiger partial charge is 0.241 e. The maximum absolute atomic E-state index is 12.6. The molecule has 0 saturated carbocycles. The van der Waals surface area contributed by atoms with Gasteiger partial charge in [-0.25, -0.2) is 8.42 Å². The second-order valence-corrected chi connectivity index (χ2v) is 9.89. The molecule has 1 fully saturated rings. The standard InChI is InChI=1S/C23H32N4O3S/c1-4-20-7-5-6-8-22(20)27(31(3,29)30)18-23(28)24-17-19-9-11-21(12-10-19)26-15-13-25(2)14-16-26/h5-12H,4,13-18H2,1-3H3,(H,24,28). The van der Waals surface area contributed by atoms with Crippen LogP contribution in [-0.4, -0.2) is 65.3 Å². The highest BCUT2D eigenvalue weighted by Gasteiger charge is 2.22. The molecule has 3 rings (SSSR count). The Balaban J connectivity index is 1.60. The number of nitrogens with zero attached hydrogens (tertiary/aromatic N) is 3. The van der Waals surface area contributed by atoms with E-state index in [9.17, 15) is 13.2 Å². The third-order valence-corrected chi connectivity index (χ3v) is 6.75. The van der Waals surface area contributed by atoms with Gasteiger partial charge in [0.1, 0.15) is 6.54 Å². The fraction of sp³-hybridized carbons (Fsp3) is 0.435. The van der Waals surface area contributed by atoms with E-state index < -0.39 is 10.0 Å². The summed E-state index contributed by atoms with van der Waals surface area (Å²) in [4.78, 5) is 17.2. The normalized spacial score (nSPS) is 15.0. The summed E-state index contributed by atoms with van der Waals surface area (Å²) in [6.45, 7) is 6.20. The predicted molar refractivity (Wildman–Crippen MR) is 126 cm³/mol. The van der Waals surface area contributed by atoms with Crippen LogP contribution < -0.4 is 14.5 Å². The van der Waals surface area contributed by atoms with Crippen LogP contribution in [0.15, 0.2) is 48.5 Å². The van der Waals surface area contributed by atoms with Crippen molar-refractivity contribution in [2.45, 2.75) is 19.9 Å². The van der Waals surface area contributed by atoms with Gasteiger partial charge in [-0.2, -0.15) is 0 Å². The number of carbonyl (C=O) groups is 1. The van der Waals surface area contributed by atoms with Gasteiger partial charge in [0.05, 0.1) is 11.9 Å². The molecule has 2 aromatic rings. The largest absolute Gasteiger partial charge is 0.369 e. The van der Waals surface area contributed by atoms with Gasteiger partial charge in [0.15, 0.2) is 0 Å². The maximum Gasteiger partial charge on any atom is 0.241 e. The van der Waals surface area contributed by atoms with Crippen molar-refractivity contribution in [3.8, 4) is 0 Å². The van der Waals surface area contributed by atoms with Crippen LogP contribution in [0, 0.1) is 0 Å². The number of hydrogen-bond acceptors (Lipinski definition) is 5. The number of nitrogens with one attached hydrogen (secondary N) is 1. The van der Waals surface area contributed by atoms with Crippen LogP contribution in [-0.2, 0) is 27.8 Å². The van der Waals surface area contributed by atoms with Crippen molar-refractivity contribution in [1.82, 2.24) is 10.2 Å². The van der Waals surface area contributed by atoms with Gasteiger partial charge in [0, 0.05) is 38.4 Å². The van der Waals surface area contributed by atoms with E-state index in [1.54, 1.807) is 12.1 Å². The van der Waals surface area contributed by atoms with Crippen LogP contribution in [0.25, 0.3) is 0 Å². The SMILES string of the molecule is CCc1ccccc1N(CC(=O)NCc1ccc(N2CCN(C)CC2)cc1)S(C)(=O)=O. The summed E-state index contributed by atoms with van der Waals surface area (Å²) >= 11 is 0. The number of hydrogen-bond donors (Lipinski definition) is 1. The molecule has 1 heterocycles. The molecule has 1 saturated heterocycles. The Bertz CT molecular complexity index is 984. The van der Waals surface area contributed by atoms with Crippen LogP contribution in [0.1, 0.15) is 18.1 Å². The summed E-state index contributed by atoms with van der Waals surface area (Å²) in [5.41, 5.74) is 3.60. The molecule has 1 aliphatic rings. The predicted octanol–water partition coefficient (Wildman–Crippen LogP) is 2.08. The van der Waals surface area contributed by atoms with Crippen LogP contribution >= 0.6 is 0 Å². The number of para-hydroxylation sites is 1. The second kappa shape index (κ2) is 10.2. The Hall–Kier alpha value is -2.58. The Morgan fingerprint density at radius 3 is 2.29 bits per heavy atom. The van der Waals surface area contributed by atoms with Gasteiger partial charge in [0.2, 0.25) is 15.9 Å². The summed E-state index contributed by atoms with van der Waals surface area (Å²) in [5.74, 6) is -0.334. The van der Waals surface area contributed by atoms with E-state index in [1.807, 2.05) is 31.2 Å². The first kappa shape index (κ1) is 23.1. The fourth-order valence-corrected chi connectivity index (χ4v) is 4.60. The summed E-state index contributed by atoms with van der Waals surface area (Å²) < 4.78 is 25.9. The second-order valence-electron chi connectivity index (χ2n) is 7.99. The third-order valence-electron chi connectivity index (χ3n) is 5.62. The average Bonchev–Trinajstić information content (AvgIpc) is 2.76. The van der Waals surface area contributed by atoms with E-state index in [-0.39, 0.29) is 12.5 Å². The lowest BCUT2D eigenvalue weighted by molar-refractivity contribution is -0.119. The summed E-state index contributed by atoms with van der Waals surface area (Å²) in [7, 11) is -1.45. The van der Waals surface area contributed by atoms with Crippen molar-refractivity contribution in [1.29, 1.82) is 0 Å². The van der Waals surface area contributed by atoms with Crippen molar-refractivity contribution in [3.63, 3.8) is 0 Å².